The van der Waals surface area contributed by atoms with Gasteiger partial charge in [-0.3, -0.25) is 0 Å². The first-order valence-corrected chi connectivity index (χ1v) is 7.95. The second kappa shape index (κ2) is 8.86. The largest absolute Gasteiger partial charge is 0.439 e. The lowest BCUT2D eigenvalue weighted by Crippen LogP contribution is -2.32. The second-order valence-electron chi connectivity index (χ2n) is 5.87. The average Bonchev–Trinajstić information content (AvgIpc) is 2.54. The van der Waals surface area contributed by atoms with Gasteiger partial charge in [-0.05, 0) is 30.0 Å². The van der Waals surface area contributed by atoms with Gasteiger partial charge in [-0.1, -0.05) is 26.0 Å². The molecular weight excluding hydrogens is 307 g/mol. The smallest absolute Gasteiger partial charge is 0.219 e. The van der Waals surface area contributed by atoms with Crippen molar-refractivity contribution in [1.29, 1.82) is 0 Å². The molecule has 0 unspecified atom stereocenters. The van der Waals surface area contributed by atoms with Crippen molar-refractivity contribution in [2.75, 3.05) is 6.54 Å². The Hall–Kier alpha value is -2.63. The molecule has 0 aliphatic carbocycles. The van der Waals surface area contributed by atoms with Crippen molar-refractivity contribution in [2.45, 2.75) is 26.8 Å². The summed E-state index contributed by atoms with van der Waals surface area (Å²) in [6.45, 7) is 5.57. The van der Waals surface area contributed by atoms with Crippen LogP contribution in [0.15, 0.2) is 47.6 Å². The third-order valence-corrected chi connectivity index (χ3v) is 3.28. The molecule has 0 aliphatic rings. The highest BCUT2D eigenvalue weighted by molar-refractivity contribution is 5.77. The van der Waals surface area contributed by atoms with E-state index in [1.807, 2.05) is 6.07 Å². The van der Waals surface area contributed by atoms with Crippen molar-refractivity contribution in [2.24, 2.45) is 16.6 Å². The lowest BCUT2D eigenvalue weighted by molar-refractivity contribution is 0.457. The van der Waals surface area contributed by atoms with Crippen molar-refractivity contribution < 1.29 is 9.13 Å². The Morgan fingerprint density at radius 2 is 2.17 bits per heavy atom. The summed E-state index contributed by atoms with van der Waals surface area (Å²) in [6.07, 6.45) is 2.71. The maximum Gasteiger partial charge on any atom is 0.219 e. The number of nitrogens with zero attached hydrogens (tertiary/aromatic N) is 2. The van der Waals surface area contributed by atoms with E-state index >= 15 is 0 Å². The summed E-state index contributed by atoms with van der Waals surface area (Å²) in [4.78, 5) is 8.46. The Balaban J connectivity index is 1.85. The molecule has 1 heterocycles. The number of hydrogen-bond acceptors (Lipinski definition) is 3. The normalized spacial score (nSPS) is 11.6. The number of hydrogen-bond donors (Lipinski definition) is 2. The highest BCUT2D eigenvalue weighted by atomic mass is 19.1. The molecule has 2 rings (SSSR count). The Morgan fingerprint density at radius 3 is 2.83 bits per heavy atom. The van der Waals surface area contributed by atoms with Gasteiger partial charge in [0.1, 0.15) is 11.6 Å². The van der Waals surface area contributed by atoms with Gasteiger partial charge in [-0.15, -0.1) is 0 Å². The van der Waals surface area contributed by atoms with Crippen molar-refractivity contribution >= 4 is 5.96 Å². The fraction of sp³-hybridized carbons (Fsp3) is 0.333. The number of nitrogens with two attached hydrogens (primary N) is 1. The minimum Gasteiger partial charge on any atom is -0.439 e. The van der Waals surface area contributed by atoms with E-state index < -0.39 is 0 Å². The molecule has 0 radical (unpaired) electrons. The number of aliphatic imine (C=N–C) groups is 1. The number of aromatic nitrogens is 1. The van der Waals surface area contributed by atoms with Gasteiger partial charge in [0.2, 0.25) is 5.88 Å². The van der Waals surface area contributed by atoms with Gasteiger partial charge in [0.25, 0.3) is 0 Å². The fourth-order valence-corrected chi connectivity index (χ4v) is 1.94. The van der Waals surface area contributed by atoms with Gasteiger partial charge in [0.15, 0.2) is 5.96 Å². The Kier molecular flexibility index (Phi) is 6.54. The summed E-state index contributed by atoms with van der Waals surface area (Å²) in [5, 5.41) is 3.08. The summed E-state index contributed by atoms with van der Waals surface area (Å²) in [5.41, 5.74) is 6.72. The van der Waals surface area contributed by atoms with Gasteiger partial charge in [0.05, 0.1) is 6.54 Å². The zero-order valence-electron chi connectivity index (χ0n) is 14.0. The lowest BCUT2D eigenvalue weighted by Gasteiger charge is -2.08. The average molecular weight is 330 g/mol. The summed E-state index contributed by atoms with van der Waals surface area (Å²) in [6, 6.07) is 9.50. The predicted octanol–water partition coefficient (Wildman–Crippen LogP) is 3.46. The number of halogens is 1. The van der Waals surface area contributed by atoms with Crippen LogP contribution in [-0.2, 0) is 6.54 Å². The van der Waals surface area contributed by atoms with E-state index in [1.54, 1.807) is 24.4 Å². The zero-order valence-corrected chi connectivity index (χ0v) is 14.0. The molecule has 0 amide bonds. The van der Waals surface area contributed by atoms with Crippen molar-refractivity contribution in [1.82, 2.24) is 10.3 Å². The van der Waals surface area contributed by atoms with Crippen LogP contribution < -0.4 is 15.8 Å². The number of pyridine rings is 1. The standard InChI is InChI=1S/C18H23FN4O/c1-13(2)8-9-21-18(20)23-12-14-6-7-17(22-11-14)24-16-5-3-4-15(19)10-16/h3-7,10-11,13H,8-9,12H2,1-2H3,(H3,20,21,23). The minimum atomic E-state index is -0.348. The van der Waals surface area contributed by atoms with Gasteiger partial charge < -0.3 is 15.8 Å². The zero-order chi connectivity index (χ0) is 17.4. The van der Waals surface area contributed by atoms with Crippen molar-refractivity contribution in [3.63, 3.8) is 0 Å². The second-order valence-corrected chi connectivity index (χ2v) is 5.87. The van der Waals surface area contributed by atoms with Crippen LogP contribution in [0, 0.1) is 11.7 Å². The van der Waals surface area contributed by atoms with Crippen LogP contribution in [0.25, 0.3) is 0 Å². The summed E-state index contributed by atoms with van der Waals surface area (Å²) in [7, 11) is 0. The summed E-state index contributed by atoms with van der Waals surface area (Å²) >= 11 is 0. The number of rotatable bonds is 7. The van der Waals surface area contributed by atoms with Gasteiger partial charge in [-0.25, -0.2) is 14.4 Å². The van der Waals surface area contributed by atoms with E-state index in [2.05, 4.69) is 29.1 Å². The molecule has 0 saturated carbocycles. The van der Waals surface area contributed by atoms with Crippen LogP contribution >= 0.6 is 0 Å². The fourth-order valence-electron chi connectivity index (χ4n) is 1.94. The number of benzene rings is 1. The van der Waals surface area contributed by atoms with E-state index in [1.165, 1.54) is 12.1 Å². The summed E-state index contributed by atoms with van der Waals surface area (Å²) < 4.78 is 18.6. The summed E-state index contributed by atoms with van der Waals surface area (Å²) in [5.74, 6) is 1.51. The Labute approximate surface area is 141 Å². The van der Waals surface area contributed by atoms with Gasteiger partial charge in [-0.2, -0.15) is 0 Å². The highest BCUT2D eigenvalue weighted by Crippen LogP contribution is 2.20. The van der Waals surface area contributed by atoms with Crippen LogP contribution in [0.4, 0.5) is 4.39 Å². The molecule has 6 heteroatoms. The molecule has 0 bridgehead atoms. The molecule has 2 aromatic rings. The molecule has 3 N–H and O–H groups in total. The van der Waals surface area contributed by atoms with Gasteiger partial charge in [0, 0.05) is 24.9 Å². The van der Waals surface area contributed by atoms with E-state index in [9.17, 15) is 4.39 Å². The molecule has 24 heavy (non-hydrogen) atoms. The maximum absolute atomic E-state index is 13.1. The number of nitrogens with one attached hydrogen (secondary N) is 1. The molecule has 0 fully saturated rings. The quantitative estimate of drug-likeness (QED) is 0.602. The van der Waals surface area contributed by atoms with E-state index in [-0.39, 0.29) is 5.82 Å². The lowest BCUT2D eigenvalue weighted by atomic mass is 10.1. The molecule has 1 aromatic carbocycles. The first-order chi connectivity index (χ1) is 11.5. The van der Waals surface area contributed by atoms with E-state index in [0.29, 0.717) is 30.1 Å². The molecule has 0 spiro atoms. The van der Waals surface area contributed by atoms with Crippen LogP contribution in [0.2, 0.25) is 0 Å². The van der Waals surface area contributed by atoms with Gasteiger partial charge >= 0.3 is 0 Å². The molecule has 128 valence electrons. The molecule has 1 aromatic heterocycles. The first-order valence-electron chi connectivity index (χ1n) is 7.95. The first kappa shape index (κ1) is 17.7. The third kappa shape index (κ3) is 6.24. The molecule has 5 nitrogen and oxygen atoms in total. The number of ether oxygens (including phenoxy) is 1. The van der Waals surface area contributed by atoms with Crippen LogP contribution in [0.5, 0.6) is 11.6 Å². The van der Waals surface area contributed by atoms with E-state index in [4.69, 9.17) is 10.5 Å². The van der Waals surface area contributed by atoms with Crippen LogP contribution in [0.3, 0.4) is 0 Å². The molecule has 0 aliphatic heterocycles. The molecular formula is C18H23FN4O. The maximum atomic E-state index is 13.1. The van der Waals surface area contributed by atoms with Crippen LogP contribution in [-0.4, -0.2) is 17.5 Å². The Morgan fingerprint density at radius 1 is 1.33 bits per heavy atom. The monoisotopic (exact) mass is 330 g/mol. The topological polar surface area (TPSA) is 72.5 Å². The highest BCUT2D eigenvalue weighted by Gasteiger charge is 2.01. The van der Waals surface area contributed by atoms with Crippen molar-refractivity contribution in [3.8, 4) is 11.6 Å². The SMILES string of the molecule is CC(C)CCNC(N)=NCc1ccc(Oc2cccc(F)c2)nc1. The minimum absolute atomic E-state index is 0.348. The Bertz CT molecular complexity index is 671. The number of guanidine groups is 1. The predicted molar refractivity (Wildman–Crippen MR) is 93.5 cm³/mol. The van der Waals surface area contributed by atoms with Crippen molar-refractivity contribution in [3.05, 3.63) is 54.0 Å². The van der Waals surface area contributed by atoms with E-state index in [0.717, 1.165) is 18.5 Å². The molecule has 0 atom stereocenters. The third-order valence-electron chi connectivity index (χ3n) is 3.28. The van der Waals surface area contributed by atoms with Crippen LogP contribution in [0.1, 0.15) is 25.8 Å². The molecule has 0 saturated heterocycles.